The molecule has 2 aromatic rings. The van der Waals surface area contributed by atoms with Crippen LogP contribution in [0.5, 0.6) is 5.75 Å². The van der Waals surface area contributed by atoms with Crippen molar-refractivity contribution in [2.45, 2.75) is 12.7 Å². The van der Waals surface area contributed by atoms with Gasteiger partial charge in [-0.3, -0.25) is 9.69 Å². The van der Waals surface area contributed by atoms with Crippen LogP contribution in [0, 0.1) is 0 Å². The van der Waals surface area contributed by atoms with Crippen LogP contribution in [0.25, 0.3) is 0 Å². The van der Waals surface area contributed by atoms with Gasteiger partial charge in [0, 0.05) is 38.3 Å². The standard InChI is InChI=1S/C20H21F3N2O2/c1-27-18-7-3-5-16(13-18)19(26)25-10-8-24(9-11-25)14-15-4-2-6-17(12-15)20(21,22)23/h2-7,12-13H,8-11,14H2,1H3. The molecule has 1 fully saturated rings. The summed E-state index contributed by atoms with van der Waals surface area (Å²) < 4.78 is 43.7. The fraction of sp³-hybridized carbons (Fsp3) is 0.350. The molecule has 0 spiro atoms. The molecule has 1 heterocycles. The molecule has 1 aliphatic rings. The van der Waals surface area contributed by atoms with Gasteiger partial charge in [-0.2, -0.15) is 13.2 Å². The highest BCUT2D eigenvalue weighted by molar-refractivity contribution is 5.94. The predicted octanol–water partition coefficient (Wildman–Crippen LogP) is 3.67. The lowest BCUT2D eigenvalue weighted by molar-refractivity contribution is -0.137. The number of hydrogen-bond donors (Lipinski definition) is 0. The Labute approximate surface area is 156 Å². The lowest BCUT2D eigenvalue weighted by atomic mass is 10.1. The van der Waals surface area contributed by atoms with Gasteiger partial charge in [-0.15, -0.1) is 0 Å². The van der Waals surface area contributed by atoms with E-state index in [1.165, 1.54) is 12.1 Å². The zero-order valence-electron chi connectivity index (χ0n) is 15.0. The molecule has 4 nitrogen and oxygen atoms in total. The van der Waals surface area contributed by atoms with E-state index in [-0.39, 0.29) is 5.91 Å². The molecular formula is C20H21F3N2O2. The van der Waals surface area contributed by atoms with E-state index >= 15 is 0 Å². The third-order valence-corrected chi connectivity index (χ3v) is 4.64. The Balaban J connectivity index is 1.58. The first-order valence-corrected chi connectivity index (χ1v) is 8.68. The van der Waals surface area contributed by atoms with Gasteiger partial charge in [0.25, 0.3) is 5.91 Å². The van der Waals surface area contributed by atoms with Gasteiger partial charge in [-0.05, 0) is 29.8 Å². The summed E-state index contributed by atoms with van der Waals surface area (Å²) >= 11 is 0. The second kappa shape index (κ2) is 8.00. The van der Waals surface area contributed by atoms with Gasteiger partial charge in [0.15, 0.2) is 0 Å². The molecule has 1 saturated heterocycles. The number of halogens is 3. The Morgan fingerprint density at radius 3 is 2.41 bits per heavy atom. The molecule has 144 valence electrons. The molecule has 27 heavy (non-hydrogen) atoms. The van der Waals surface area contributed by atoms with Crippen LogP contribution in [-0.4, -0.2) is 49.0 Å². The zero-order chi connectivity index (χ0) is 19.4. The molecule has 1 amide bonds. The summed E-state index contributed by atoms with van der Waals surface area (Å²) in [5.41, 5.74) is 0.560. The van der Waals surface area contributed by atoms with Crippen LogP contribution < -0.4 is 4.74 Å². The predicted molar refractivity (Wildman–Crippen MR) is 95.6 cm³/mol. The van der Waals surface area contributed by atoms with E-state index in [1.54, 1.807) is 42.3 Å². The van der Waals surface area contributed by atoms with Gasteiger partial charge in [-0.1, -0.05) is 24.3 Å². The van der Waals surface area contributed by atoms with Crippen molar-refractivity contribution < 1.29 is 22.7 Å². The van der Waals surface area contributed by atoms with Crippen molar-refractivity contribution in [3.05, 3.63) is 65.2 Å². The summed E-state index contributed by atoms with van der Waals surface area (Å²) in [5.74, 6) is 0.566. The van der Waals surface area contributed by atoms with Crippen LogP contribution in [-0.2, 0) is 12.7 Å². The molecule has 0 aliphatic carbocycles. The molecule has 0 unspecified atom stereocenters. The topological polar surface area (TPSA) is 32.8 Å². The van der Waals surface area contributed by atoms with Crippen molar-refractivity contribution in [1.82, 2.24) is 9.80 Å². The van der Waals surface area contributed by atoms with Gasteiger partial charge in [0.2, 0.25) is 0 Å². The highest BCUT2D eigenvalue weighted by Gasteiger charge is 2.30. The maximum Gasteiger partial charge on any atom is 0.416 e. The summed E-state index contributed by atoms with van der Waals surface area (Å²) in [6.07, 6.45) is -4.34. The Morgan fingerprint density at radius 2 is 1.74 bits per heavy atom. The number of methoxy groups -OCH3 is 1. The van der Waals surface area contributed by atoms with Crippen LogP contribution in [0.1, 0.15) is 21.5 Å². The second-order valence-corrected chi connectivity index (χ2v) is 6.50. The van der Waals surface area contributed by atoms with E-state index in [1.807, 2.05) is 0 Å². The summed E-state index contributed by atoms with van der Waals surface area (Å²) in [4.78, 5) is 16.4. The average Bonchev–Trinajstić information content (AvgIpc) is 2.67. The lowest BCUT2D eigenvalue weighted by Crippen LogP contribution is -2.48. The van der Waals surface area contributed by atoms with Crippen LogP contribution in [0.4, 0.5) is 13.2 Å². The van der Waals surface area contributed by atoms with E-state index in [4.69, 9.17) is 4.74 Å². The number of rotatable bonds is 4. The largest absolute Gasteiger partial charge is 0.497 e. The molecule has 0 atom stereocenters. The SMILES string of the molecule is COc1cccc(C(=O)N2CCN(Cc3cccc(C(F)(F)F)c3)CC2)c1. The van der Waals surface area contributed by atoms with Gasteiger partial charge < -0.3 is 9.64 Å². The van der Waals surface area contributed by atoms with E-state index in [0.717, 1.165) is 6.07 Å². The number of piperazine rings is 1. The first-order chi connectivity index (χ1) is 12.9. The fourth-order valence-electron chi connectivity index (χ4n) is 3.15. The maximum absolute atomic E-state index is 12.8. The van der Waals surface area contributed by atoms with E-state index in [9.17, 15) is 18.0 Å². The molecule has 0 bridgehead atoms. The number of carbonyl (C=O) groups is 1. The zero-order valence-corrected chi connectivity index (χ0v) is 15.0. The van der Waals surface area contributed by atoms with Crippen LogP contribution in [0.3, 0.4) is 0 Å². The second-order valence-electron chi connectivity index (χ2n) is 6.50. The molecule has 0 N–H and O–H groups in total. The summed E-state index contributed by atoms with van der Waals surface area (Å²) in [6, 6.07) is 12.4. The normalized spacial score (nSPS) is 15.6. The van der Waals surface area contributed by atoms with Crippen LogP contribution >= 0.6 is 0 Å². The maximum atomic E-state index is 12.8. The Hall–Kier alpha value is -2.54. The van der Waals surface area contributed by atoms with Crippen LogP contribution in [0.15, 0.2) is 48.5 Å². The van der Waals surface area contributed by atoms with Crippen molar-refractivity contribution in [2.24, 2.45) is 0 Å². The number of benzene rings is 2. The van der Waals surface area contributed by atoms with Crippen LogP contribution in [0.2, 0.25) is 0 Å². The fourth-order valence-corrected chi connectivity index (χ4v) is 3.15. The molecule has 0 radical (unpaired) electrons. The van der Waals surface area contributed by atoms with Crippen molar-refractivity contribution in [3.8, 4) is 5.75 Å². The van der Waals surface area contributed by atoms with E-state index in [2.05, 4.69) is 4.90 Å². The average molecular weight is 378 g/mol. The molecule has 3 rings (SSSR count). The van der Waals surface area contributed by atoms with Crippen molar-refractivity contribution in [2.75, 3.05) is 33.3 Å². The molecule has 2 aromatic carbocycles. The summed E-state index contributed by atoms with van der Waals surface area (Å²) in [7, 11) is 1.55. The summed E-state index contributed by atoms with van der Waals surface area (Å²) in [5, 5.41) is 0. The Morgan fingerprint density at radius 1 is 1.04 bits per heavy atom. The Bertz CT molecular complexity index is 800. The minimum absolute atomic E-state index is 0.0624. The molecule has 0 saturated carbocycles. The highest BCUT2D eigenvalue weighted by Crippen LogP contribution is 2.29. The number of alkyl halides is 3. The third kappa shape index (κ3) is 4.80. The molecule has 7 heteroatoms. The minimum Gasteiger partial charge on any atom is -0.497 e. The lowest BCUT2D eigenvalue weighted by Gasteiger charge is -2.35. The number of hydrogen-bond acceptors (Lipinski definition) is 3. The van der Waals surface area contributed by atoms with E-state index in [0.29, 0.717) is 49.6 Å². The molecule has 0 aromatic heterocycles. The minimum atomic E-state index is -4.34. The van der Waals surface area contributed by atoms with Crippen molar-refractivity contribution in [1.29, 1.82) is 0 Å². The highest BCUT2D eigenvalue weighted by atomic mass is 19.4. The first kappa shape index (κ1) is 19.2. The number of ether oxygens (including phenoxy) is 1. The van der Waals surface area contributed by atoms with Gasteiger partial charge >= 0.3 is 6.18 Å². The first-order valence-electron chi connectivity index (χ1n) is 8.68. The summed E-state index contributed by atoms with van der Waals surface area (Å²) in [6.45, 7) is 2.74. The Kier molecular flexibility index (Phi) is 5.70. The number of carbonyl (C=O) groups excluding carboxylic acids is 1. The van der Waals surface area contributed by atoms with E-state index < -0.39 is 11.7 Å². The number of nitrogens with zero attached hydrogens (tertiary/aromatic N) is 2. The molecular weight excluding hydrogens is 357 g/mol. The van der Waals surface area contributed by atoms with Gasteiger partial charge in [0.1, 0.15) is 5.75 Å². The third-order valence-electron chi connectivity index (χ3n) is 4.64. The smallest absolute Gasteiger partial charge is 0.416 e. The van der Waals surface area contributed by atoms with Gasteiger partial charge in [0.05, 0.1) is 12.7 Å². The van der Waals surface area contributed by atoms with Crippen molar-refractivity contribution >= 4 is 5.91 Å². The molecule has 1 aliphatic heterocycles. The quantitative estimate of drug-likeness (QED) is 0.814. The van der Waals surface area contributed by atoms with Gasteiger partial charge in [-0.25, -0.2) is 0 Å². The van der Waals surface area contributed by atoms with Crippen molar-refractivity contribution in [3.63, 3.8) is 0 Å². The number of amides is 1. The monoisotopic (exact) mass is 378 g/mol.